The number of rotatable bonds is 7. The number of nitrogens with one attached hydrogen (secondary N) is 1. The summed E-state index contributed by atoms with van der Waals surface area (Å²) in [7, 11) is 0. The largest absolute Gasteiger partial charge is 0.370 e. The number of likely N-dealkylation sites (tertiary alicyclic amines) is 1. The van der Waals surface area contributed by atoms with Crippen LogP contribution in [0.1, 0.15) is 48.2 Å². The Kier molecular flexibility index (Phi) is 6.52. The lowest BCUT2D eigenvalue weighted by molar-refractivity contribution is -0.0754. The lowest BCUT2D eigenvalue weighted by atomic mass is 9.88. The zero-order valence-electron chi connectivity index (χ0n) is 16.9. The normalized spacial score (nSPS) is 21.3. The number of carbonyl (C=O) groups is 1. The molecule has 29 heavy (non-hydrogen) atoms. The summed E-state index contributed by atoms with van der Waals surface area (Å²) in [6.07, 6.45) is 11.3. The smallest absolute Gasteiger partial charge is 0.271 e. The molecule has 1 aromatic heterocycles. The first-order chi connectivity index (χ1) is 14.2. The van der Waals surface area contributed by atoms with Crippen LogP contribution in [0.3, 0.4) is 0 Å². The first kappa shape index (κ1) is 20.0. The number of carbonyl (C=O) groups excluding carboxylic acids is 1. The number of nitrogens with zero attached hydrogens (tertiary/aromatic N) is 3. The van der Waals surface area contributed by atoms with Crippen molar-refractivity contribution in [2.24, 2.45) is 0 Å². The molecule has 2 aromatic rings. The summed E-state index contributed by atoms with van der Waals surface area (Å²) in [6.45, 7) is 3.90. The highest BCUT2D eigenvalue weighted by atomic mass is 16.5. The lowest BCUT2D eigenvalue weighted by Gasteiger charge is -2.39. The molecule has 2 aliphatic heterocycles. The third-order valence-electron chi connectivity index (χ3n) is 6.17. The van der Waals surface area contributed by atoms with E-state index in [4.69, 9.17) is 4.74 Å². The fraction of sp³-hybridized carbons (Fsp3) is 0.522. The van der Waals surface area contributed by atoms with E-state index in [9.17, 15) is 4.79 Å². The molecule has 0 bridgehead atoms. The molecule has 6 nitrogen and oxygen atoms in total. The third-order valence-corrected chi connectivity index (χ3v) is 6.17. The SMILES string of the molecule is O=C(NC[C@@H]1CCC2(CCN(CCCc3ccccc3)CC2)O1)c1cnccn1. The van der Waals surface area contributed by atoms with E-state index in [1.807, 2.05) is 0 Å². The number of hydrogen-bond donors (Lipinski definition) is 1. The quantitative estimate of drug-likeness (QED) is 0.782. The second-order valence-electron chi connectivity index (χ2n) is 8.19. The van der Waals surface area contributed by atoms with Crippen LogP contribution in [0.5, 0.6) is 0 Å². The van der Waals surface area contributed by atoms with Crippen molar-refractivity contribution in [2.75, 3.05) is 26.2 Å². The standard InChI is InChI=1S/C23H30N4O2/c28-22(21-18-24-12-13-25-21)26-17-20-8-9-23(29-20)10-15-27(16-11-23)14-4-7-19-5-2-1-3-6-19/h1-3,5-6,12-13,18,20H,4,7-11,14-17H2,(H,26,28)/t20-/m0/s1. The monoisotopic (exact) mass is 394 g/mol. The van der Waals surface area contributed by atoms with Crippen molar-refractivity contribution in [1.29, 1.82) is 0 Å². The topological polar surface area (TPSA) is 67.4 Å². The molecule has 2 saturated heterocycles. The van der Waals surface area contributed by atoms with Crippen molar-refractivity contribution in [3.63, 3.8) is 0 Å². The Morgan fingerprint density at radius 1 is 1.17 bits per heavy atom. The Morgan fingerprint density at radius 2 is 2.00 bits per heavy atom. The highest BCUT2D eigenvalue weighted by molar-refractivity contribution is 5.91. The van der Waals surface area contributed by atoms with Crippen LogP contribution in [0, 0.1) is 0 Å². The van der Waals surface area contributed by atoms with Crippen LogP contribution >= 0.6 is 0 Å². The summed E-state index contributed by atoms with van der Waals surface area (Å²) in [4.78, 5) is 22.7. The number of piperidine rings is 1. The van der Waals surface area contributed by atoms with Gasteiger partial charge in [0, 0.05) is 32.0 Å². The van der Waals surface area contributed by atoms with E-state index >= 15 is 0 Å². The molecule has 154 valence electrons. The number of aryl methyl sites for hydroxylation is 1. The summed E-state index contributed by atoms with van der Waals surface area (Å²) < 4.78 is 6.42. The molecule has 1 amide bonds. The summed E-state index contributed by atoms with van der Waals surface area (Å²) in [5, 5.41) is 2.94. The van der Waals surface area contributed by atoms with Gasteiger partial charge in [0.25, 0.3) is 5.91 Å². The van der Waals surface area contributed by atoms with E-state index in [1.165, 1.54) is 24.4 Å². The van der Waals surface area contributed by atoms with Gasteiger partial charge in [-0.2, -0.15) is 0 Å². The highest BCUT2D eigenvalue weighted by Crippen LogP contribution is 2.38. The maximum atomic E-state index is 12.1. The predicted molar refractivity (Wildman–Crippen MR) is 112 cm³/mol. The minimum atomic E-state index is -0.184. The van der Waals surface area contributed by atoms with E-state index in [2.05, 4.69) is 50.5 Å². The van der Waals surface area contributed by atoms with Crippen LogP contribution in [0.15, 0.2) is 48.9 Å². The van der Waals surface area contributed by atoms with Gasteiger partial charge < -0.3 is 15.0 Å². The maximum absolute atomic E-state index is 12.1. The zero-order valence-corrected chi connectivity index (χ0v) is 16.9. The van der Waals surface area contributed by atoms with Crippen molar-refractivity contribution in [2.45, 2.75) is 50.2 Å². The Bertz CT molecular complexity index is 776. The first-order valence-corrected chi connectivity index (χ1v) is 10.7. The van der Waals surface area contributed by atoms with Crippen LogP contribution < -0.4 is 5.32 Å². The van der Waals surface area contributed by atoms with Gasteiger partial charge in [-0.05, 0) is 50.6 Å². The number of benzene rings is 1. The fourth-order valence-corrected chi connectivity index (χ4v) is 4.46. The minimum absolute atomic E-state index is 0.0118. The third kappa shape index (κ3) is 5.40. The van der Waals surface area contributed by atoms with Gasteiger partial charge in [-0.15, -0.1) is 0 Å². The second-order valence-corrected chi connectivity index (χ2v) is 8.19. The van der Waals surface area contributed by atoms with E-state index in [1.54, 1.807) is 6.20 Å². The second kappa shape index (κ2) is 9.46. The van der Waals surface area contributed by atoms with Gasteiger partial charge in [-0.3, -0.25) is 9.78 Å². The van der Waals surface area contributed by atoms with Crippen molar-refractivity contribution in [3.8, 4) is 0 Å². The van der Waals surface area contributed by atoms with Gasteiger partial charge in [0.05, 0.1) is 17.9 Å². The number of hydrogen-bond acceptors (Lipinski definition) is 5. The summed E-state index contributed by atoms with van der Waals surface area (Å²) in [5.74, 6) is -0.184. The summed E-state index contributed by atoms with van der Waals surface area (Å²) in [6, 6.07) is 10.7. The molecular weight excluding hydrogens is 364 g/mol. The predicted octanol–water partition coefficient (Wildman–Crippen LogP) is 2.85. The minimum Gasteiger partial charge on any atom is -0.370 e. The van der Waals surface area contributed by atoms with Gasteiger partial charge in [0.1, 0.15) is 5.69 Å². The van der Waals surface area contributed by atoms with Crippen LogP contribution in [0.2, 0.25) is 0 Å². The molecule has 1 N–H and O–H groups in total. The molecule has 0 aliphatic carbocycles. The van der Waals surface area contributed by atoms with E-state index in [-0.39, 0.29) is 17.6 Å². The van der Waals surface area contributed by atoms with Crippen LogP contribution in [-0.2, 0) is 11.2 Å². The molecule has 2 aliphatic rings. The molecule has 6 heteroatoms. The molecule has 1 aromatic carbocycles. The zero-order chi connectivity index (χ0) is 19.9. The van der Waals surface area contributed by atoms with Crippen LogP contribution in [0.4, 0.5) is 0 Å². The first-order valence-electron chi connectivity index (χ1n) is 10.7. The van der Waals surface area contributed by atoms with Crippen molar-refractivity contribution < 1.29 is 9.53 Å². The van der Waals surface area contributed by atoms with Crippen molar-refractivity contribution in [3.05, 3.63) is 60.2 Å². The van der Waals surface area contributed by atoms with Crippen molar-refractivity contribution in [1.82, 2.24) is 20.2 Å². The van der Waals surface area contributed by atoms with Gasteiger partial charge in [-0.25, -0.2) is 4.98 Å². The average Bonchev–Trinajstić information content (AvgIpc) is 3.17. The molecule has 0 saturated carbocycles. The molecule has 4 rings (SSSR count). The molecular formula is C23H30N4O2. The molecule has 3 heterocycles. The number of aromatic nitrogens is 2. The molecule has 1 atom stereocenters. The van der Waals surface area contributed by atoms with Gasteiger partial charge >= 0.3 is 0 Å². The molecule has 2 fully saturated rings. The van der Waals surface area contributed by atoms with Crippen LogP contribution in [-0.4, -0.2) is 58.7 Å². The summed E-state index contributed by atoms with van der Waals surface area (Å²) in [5.41, 5.74) is 1.79. The Hall–Kier alpha value is -2.31. The molecule has 0 unspecified atom stereocenters. The molecule has 1 spiro atoms. The number of amides is 1. The summed E-state index contributed by atoms with van der Waals surface area (Å²) >= 11 is 0. The Labute approximate surface area is 172 Å². The van der Waals surface area contributed by atoms with Gasteiger partial charge in [0.15, 0.2) is 0 Å². The molecule has 0 radical (unpaired) electrons. The highest BCUT2D eigenvalue weighted by Gasteiger charge is 2.42. The average molecular weight is 395 g/mol. The lowest BCUT2D eigenvalue weighted by Crippen LogP contribution is -2.45. The van der Waals surface area contributed by atoms with Gasteiger partial charge in [-0.1, -0.05) is 30.3 Å². The fourth-order valence-electron chi connectivity index (χ4n) is 4.46. The van der Waals surface area contributed by atoms with Crippen molar-refractivity contribution >= 4 is 5.91 Å². The number of ether oxygens (including phenoxy) is 1. The Morgan fingerprint density at radius 3 is 2.76 bits per heavy atom. The maximum Gasteiger partial charge on any atom is 0.271 e. The van der Waals surface area contributed by atoms with E-state index < -0.39 is 0 Å². The van der Waals surface area contributed by atoms with Gasteiger partial charge in [0.2, 0.25) is 0 Å². The van der Waals surface area contributed by atoms with E-state index in [0.717, 1.165) is 51.7 Å². The van der Waals surface area contributed by atoms with E-state index in [0.29, 0.717) is 12.2 Å². The Balaban J connectivity index is 1.16. The van der Waals surface area contributed by atoms with Crippen LogP contribution in [0.25, 0.3) is 0 Å².